The van der Waals surface area contributed by atoms with E-state index in [1.54, 1.807) is 0 Å². The lowest BCUT2D eigenvalue weighted by molar-refractivity contribution is -0.120. The van der Waals surface area contributed by atoms with Gasteiger partial charge in [0.25, 0.3) is 0 Å². The summed E-state index contributed by atoms with van der Waals surface area (Å²) in [6.45, 7) is 4.61. The minimum atomic E-state index is -0.228. The summed E-state index contributed by atoms with van der Waals surface area (Å²) >= 11 is 5.78. The van der Waals surface area contributed by atoms with Crippen LogP contribution in [0.4, 0.5) is 10.6 Å². The van der Waals surface area contributed by atoms with E-state index in [9.17, 15) is 9.59 Å². The van der Waals surface area contributed by atoms with Crippen LogP contribution in [0.25, 0.3) is 0 Å². The Morgan fingerprint density at radius 2 is 2.15 bits per heavy atom. The molecule has 0 atom stereocenters. The van der Waals surface area contributed by atoms with Crippen LogP contribution in [0.2, 0.25) is 5.15 Å². The van der Waals surface area contributed by atoms with Crippen molar-refractivity contribution in [3.8, 4) is 0 Å². The molecule has 20 heavy (non-hydrogen) atoms. The van der Waals surface area contributed by atoms with Crippen LogP contribution in [0, 0.1) is 0 Å². The summed E-state index contributed by atoms with van der Waals surface area (Å²) in [5, 5.41) is 3.05. The second kappa shape index (κ2) is 6.04. The first-order valence-electron chi connectivity index (χ1n) is 6.30. The molecule has 0 bridgehead atoms. The molecule has 1 N–H and O–H groups in total. The summed E-state index contributed by atoms with van der Waals surface area (Å²) in [5.74, 6) is 0.267. The Bertz CT molecular complexity index is 522. The van der Waals surface area contributed by atoms with Gasteiger partial charge in [-0.25, -0.2) is 14.8 Å². The molecule has 0 spiro atoms. The third-order valence-corrected chi connectivity index (χ3v) is 3.02. The molecule has 0 aromatic carbocycles. The van der Waals surface area contributed by atoms with E-state index >= 15 is 0 Å². The van der Waals surface area contributed by atoms with Gasteiger partial charge in [-0.1, -0.05) is 11.6 Å². The zero-order chi connectivity index (χ0) is 14.7. The molecule has 108 valence electrons. The van der Waals surface area contributed by atoms with Crippen molar-refractivity contribution in [3.05, 3.63) is 17.5 Å². The summed E-state index contributed by atoms with van der Waals surface area (Å²) in [6.07, 6.45) is 1.31. The topological polar surface area (TPSA) is 78.4 Å². The Kier molecular flexibility index (Phi) is 4.39. The Hall–Kier alpha value is -1.89. The second-order valence-electron chi connectivity index (χ2n) is 4.77. The van der Waals surface area contributed by atoms with Gasteiger partial charge in [0.15, 0.2) is 0 Å². The number of halogens is 1. The quantitative estimate of drug-likeness (QED) is 0.823. The van der Waals surface area contributed by atoms with Gasteiger partial charge in [0.2, 0.25) is 5.91 Å². The zero-order valence-electron chi connectivity index (χ0n) is 11.3. The average molecular weight is 298 g/mol. The van der Waals surface area contributed by atoms with Gasteiger partial charge in [-0.15, -0.1) is 0 Å². The van der Waals surface area contributed by atoms with Crippen molar-refractivity contribution in [1.82, 2.24) is 20.2 Å². The number of carbonyl (C=O) groups excluding carboxylic acids is 2. The van der Waals surface area contributed by atoms with Crippen molar-refractivity contribution in [2.24, 2.45) is 0 Å². The van der Waals surface area contributed by atoms with Gasteiger partial charge in [0, 0.05) is 25.2 Å². The zero-order valence-corrected chi connectivity index (χ0v) is 12.1. The number of rotatable bonds is 2. The van der Waals surface area contributed by atoms with Gasteiger partial charge in [0.1, 0.15) is 23.8 Å². The van der Waals surface area contributed by atoms with E-state index in [0.717, 1.165) is 0 Å². The predicted octanol–water partition coefficient (Wildman–Crippen LogP) is 0.897. The van der Waals surface area contributed by atoms with Crippen LogP contribution in [0.3, 0.4) is 0 Å². The van der Waals surface area contributed by atoms with Gasteiger partial charge >= 0.3 is 6.03 Å². The maximum Gasteiger partial charge on any atom is 0.318 e. The van der Waals surface area contributed by atoms with E-state index in [-0.39, 0.29) is 29.7 Å². The Labute approximate surface area is 121 Å². The van der Waals surface area contributed by atoms with E-state index in [0.29, 0.717) is 18.9 Å². The van der Waals surface area contributed by atoms with Gasteiger partial charge in [0.05, 0.1) is 0 Å². The third-order valence-electron chi connectivity index (χ3n) is 2.82. The first-order valence-corrected chi connectivity index (χ1v) is 6.68. The molecule has 1 fully saturated rings. The number of amides is 3. The number of nitrogens with zero attached hydrogens (tertiary/aromatic N) is 4. The molecule has 1 aliphatic rings. The van der Waals surface area contributed by atoms with Gasteiger partial charge in [-0.05, 0) is 13.8 Å². The number of piperazine rings is 1. The molecule has 1 saturated heterocycles. The largest absolute Gasteiger partial charge is 0.336 e. The summed E-state index contributed by atoms with van der Waals surface area (Å²) in [4.78, 5) is 34.8. The van der Waals surface area contributed by atoms with Gasteiger partial charge in [-0.2, -0.15) is 0 Å². The van der Waals surface area contributed by atoms with E-state index in [1.807, 2.05) is 13.8 Å². The van der Waals surface area contributed by atoms with Crippen LogP contribution in [-0.2, 0) is 4.79 Å². The van der Waals surface area contributed by atoms with Crippen molar-refractivity contribution in [1.29, 1.82) is 0 Å². The predicted molar refractivity (Wildman–Crippen MR) is 74.6 cm³/mol. The normalized spacial score (nSPS) is 15.7. The van der Waals surface area contributed by atoms with Crippen molar-refractivity contribution >= 4 is 29.4 Å². The van der Waals surface area contributed by atoms with Crippen LogP contribution in [0.5, 0.6) is 0 Å². The van der Waals surface area contributed by atoms with Crippen molar-refractivity contribution < 1.29 is 9.59 Å². The highest BCUT2D eigenvalue weighted by atomic mass is 35.5. The minimum absolute atomic E-state index is 0.0280. The molecule has 3 amide bonds. The fourth-order valence-electron chi connectivity index (χ4n) is 1.90. The van der Waals surface area contributed by atoms with E-state index < -0.39 is 0 Å². The number of hydrogen-bond acceptors (Lipinski definition) is 4. The molecule has 8 heteroatoms. The number of aromatic nitrogens is 2. The Morgan fingerprint density at radius 3 is 2.75 bits per heavy atom. The number of anilines is 1. The maximum absolute atomic E-state index is 12.1. The Morgan fingerprint density at radius 1 is 1.40 bits per heavy atom. The number of nitrogens with one attached hydrogen (secondary N) is 1. The Balaban J connectivity index is 2.03. The van der Waals surface area contributed by atoms with E-state index in [1.165, 1.54) is 22.2 Å². The first-order chi connectivity index (χ1) is 9.47. The molecule has 7 nitrogen and oxygen atoms in total. The van der Waals surface area contributed by atoms with E-state index in [4.69, 9.17) is 11.6 Å². The highest BCUT2D eigenvalue weighted by Gasteiger charge is 2.28. The SMILES string of the molecule is CC(C)NC(=O)N1CCN(c2cc(Cl)ncn2)C(=O)C1. The smallest absolute Gasteiger partial charge is 0.318 e. The maximum atomic E-state index is 12.1. The highest BCUT2D eigenvalue weighted by Crippen LogP contribution is 2.17. The molecule has 0 aliphatic carbocycles. The number of carbonyl (C=O) groups is 2. The lowest BCUT2D eigenvalue weighted by atomic mass is 10.3. The first kappa shape index (κ1) is 14.5. The summed E-state index contributed by atoms with van der Waals surface area (Å²) < 4.78 is 0. The highest BCUT2D eigenvalue weighted by molar-refractivity contribution is 6.29. The lowest BCUT2D eigenvalue weighted by Gasteiger charge is -2.34. The molecular weight excluding hydrogens is 282 g/mol. The molecule has 1 aromatic heterocycles. The monoisotopic (exact) mass is 297 g/mol. The van der Waals surface area contributed by atoms with Crippen molar-refractivity contribution in [3.63, 3.8) is 0 Å². The standard InChI is InChI=1S/C12H16ClN5O2/c1-8(2)16-12(20)17-3-4-18(11(19)6-17)10-5-9(13)14-7-15-10/h5,7-8H,3-4,6H2,1-2H3,(H,16,20). The molecule has 2 heterocycles. The molecule has 1 aromatic rings. The molecule has 0 unspecified atom stereocenters. The van der Waals surface area contributed by atoms with Crippen LogP contribution in [-0.4, -0.2) is 52.5 Å². The molecule has 0 radical (unpaired) electrons. The fourth-order valence-corrected chi connectivity index (χ4v) is 2.04. The molecule has 1 aliphatic heterocycles. The molecular formula is C12H16ClN5O2. The van der Waals surface area contributed by atoms with Crippen LogP contribution in [0.15, 0.2) is 12.4 Å². The second-order valence-corrected chi connectivity index (χ2v) is 5.16. The summed E-state index contributed by atoms with van der Waals surface area (Å²) in [6, 6.07) is 1.34. The molecule has 0 saturated carbocycles. The van der Waals surface area contributed by atoms with E-state index in [2.05, 4.69) is 15.3 Å². The van der Waals surface area contributed by atoms with Gasteiger partial charge < -0.3 is 10.2 Å². The van der Waals surface area contributed by atoms with Crippen molar-refractivity contribution in [2.75, 3.05) is 24.5 Å². The van der Waals surface area contributed by atoms with Crippen LogP contribution >= 0.6 is 11.6 Å². The van der Waals surface area contributed by atoms with Crippen LogP contribution in [0.1, 0.15) is 13.8 Å². The molecule has 2 rings (SSSR count). The summed E-state index contributed by atoms with van der Waals surface area (Å²) in [7, 11) is 0. The number of hydrogen-bond donors (Lipinski definition) is 1. The third kappa shape index (κ3) is 3.36. The van der Waals surface area contributed by atoms with Crippen molar-refractivity contribution in [2.45, 2.75) is 19.9 Å². The average Bonchev–Trinajstić information content (AvgIpc) is 2.37. The lowest BCUT2D eigenvalue weighted by Crippen LogP contribution is -2.55. The number of urea groups is 1. The van der Waals surface area contributed by atoms with Crippen LogP contribution < -0.4 is 10.2 Å². The minimum Gasteiger partial charge on any atom is -0.336 e. The summed E-state index contributed by atoms with van der Waals surface area (Å²) in [5.41, 5.74) is 0. The fraction of sp³-hybridized carbons (Fsp3) is 0.500. The van der Waals surface area contributed by atoms with Gasteiger partial charge in [-0.3, -0.25) is 9.69 Å².